The average molecular weight is 500 g/mol. The number of likely N-dealkylation sites (tertiary alicyclic amines) is 1. The maximum absolute atomic E-state index is 13.2. The highest BCUT2D eigenvalue weighted by Crippen LogP contribution is 2.43. The summed E-state index contributed by atoms with van der Waals surface area (Å²) in [5.74, 6) is -0.332. The minimum Gasteiger partial charge on any atom is -0.507 e. The van der Waals surface area contributed by atoms with E-state index in [1.54, 1.807) is 30.3 Å². The molecule has 2 aromatic heterocycles. The lowest BCUT2D eigenvalue weighted by atomic mass is 9.97. The van der Waals surface area contributed by atoms with Crippen LogP contribution in [-0.2, 0) is 22.7 Å². The number of carbonyl (C=O) groups excluding carboxylic acids is 2. The van der Waals surface area contributed by atoms with Crippen molar-refractivity contribution in [1.29, 1.82) is 0 Å². The van der Waals surface area contributed by atoms with Crippen molar-refractivity contribution in [3.8, 4) is 5.75 Å². The lowest BCUT2D eigenvalue weighted by Crippen LogP contribution is -2.28. The number of hydrogen-bond donors (Lipinski definition) is 1. The first-order valence-electron chi connectivity index (χ1n) is 11.6. The predicted molar refractivity (Wildman–Crippen MR) is 138 cm³/mol. The molecule has 7 heteroatoms. The zero-order valence-corrected chi connectivity index (χ0v) is 20.7. The van der Waals surface area contributed by atoms with E-state index in [4.69, 9.17) is 9.15 Å². The van der Waals surface area contributed by atoms with Crippen molar-refractivity contribution in [2.75, 3.05) is 0 Å². The topological polar surface area (TPSA) is 80.0 Å². The largest absolute Gasteiger partial charge is 0.507 e. The van der Waals surface area contributed by atoms with Crippen molar-refractivity contribution in [3.05, 3.63) is 117 Å². The Bertz CT molecular complexity index is 1440. The van der Waals surface area contributed by atoms with Gasteiger partial charge in [0.1, 0.15) is 29.9 Å². The van der Waals surface area contributed by atoms with Crippen LogP contribution in [0.25, 0.3) is 5.76 Å². The Balaban J connectivity index is 1.50. The summed E-state index contributed by atoms with van der Waals surface area (Å²) in [5.41, 5.74) is 3.34. The number of aliphatic hydroxyl groups excluding tert-OH is 1. The summed E-state index contributed by atoms with van der Waals surface area (Å²) in [6.45, 7) is 4.36. The summed E-state index contributed by atoms with van der Waals surface area (Å²) < 4.78 is 11.4. The van der Waals surface area contributed by atoms with Gasteiger partial charge in [0, 0.05) is 10.4 Å². The molecule has 6 nitrogen and oxygen atoms in total. The second-order valence-electron chi connectivity index (χ2n) is 8.73. The van der Waals surface area contributed by atoms with E-state index in [2.05, 4.69) is 0 Å². The molecule has 1 unspecified atom stereocenters. The Morgan fingerprint density at radius 2 is 1.83 bits per heavy atom. The molecule has 1 aliphatic heterocycles. The number of carbonyl (C=O) groups is 2. The molecule has 1 aliphatic rings. The number of Topliss-reactive ketones (excluding diaryl/α,β-unsaturated/α-hetero) is 1. The molecule has 36 heavy (non-hydrogen) atoms. The molecule has 4 aromatic rings. The zero-order chi connectivity index (χ0) is 25.2. The van der Waals surface area contributed by atoms with Crippen LogP contribution in [0.3, 0.4) is 0 Å². The molecular formula is C29H25NO5S. The van der Waals surface area contributed by atoms with Crippen LogP contribution < -0.4 is 4.74 Å². The molecule has 3 heterocycles. The van der Waals surface area contributed by atoms with E-state index in [1.807, 2.05) is 55.6 Å². The van der Waals surface area contributed by atoms with Crippen LogP contribution in [0, 0.1) is 13.8 Å². The van der Waals surface area contributed by atoms with Gasteiger partial charge in [-0.25, -0.2) is 0 Å². The van der Waals surface area contributed by atoms with Crippen molar-refractivity contribution in [2.45, 2.75) is 33.0 Å². The van der Waals surface area contributed by atoms with Crippen molar-refractivity contribution in [1.82, 2.24) is 4.90 Å². The molecule has 1 amide bonds. The first-order valence-corrected chi connectivity index (χ1v) is 12.4. The third-order valence-electron chi connectivity index (χ3n) is 6.28. The first-order chi connectivity index (χ1) is 17.4. The fourth-order valence-corrected chi connectivity index (χ4v) is 5.45. The number of ether oxygens (including phenoxy) is 1. The molecule has 0 saturated carbocycles. The number of hydrogen-bond acceptors (Lipinski definition) is 6. The Hall–Kier alpha value is -4.10. The van der Waals surface area contributed by atoms with Gasteiger partial charge >= 0.3 is 0 Å². The van der Waals surface area contributed by atoms with Gasteiger partial charge in [-0.15, -0.1) is 11.3 Å². The highest BCUT2D eigenvalue weighted by molar-refractivity contribution is 7.10. The van der Waals surface area contributed by atoms with Gasteiger partial charge in [0.25, 0.3) is 11.7 Å². The third kappa shape index (κ3) is 4.45. The summed E-state index contributed by atoms with van der Waals surface area (Å²) in [6, 6.07) is 19.8. The van der Waals surface area contributed by atoms with Gasteiger partial charge in [-0.2, -0.15) is 0 Å². The number of ketones is 1. The molecular weight excluding hydrogens is 474 g/mol. The Kier molecular flexibility index (Phi) is 6.48. The number of aryl methyl sites for hydroxylation is 2. The van der Waals surface area contributed by atoms with E-state index in [1.165, 1.54) is 22.5 Å². The van der Waals surface area contributed by atoms with Gasteiger partial charge in [0.2, 0.25) is 0 Å². The number of amides is 1. The standard InChI is InChI=1S/C29H25NO5S/c1-18-12-14-36-28(18)25-24(27(32)29(33)30(25)16-22-9-6-13-34-22)26(31)21-10-11-23(19(2)15-21)35-17-20-7-4-3-5-8-20/h3-15,25,31H,16-17H2,1-2H3/b26-24-. The molecule has 0 bridgehead atoms. The minimum atomic E-state index is -0.709. The van der Waals surface area contributed by atoms with Crippen molar-refractivity contribution in [3.63, 3.8) is 0 Å². The van der Waals surface area contributed by atoms with Gasteiger partial charge < -0.3 is 19.2 Å². The second-order valence-corrected chi connectivity index (χ2v) is 9.68. The van der Waals surface area contributed by atoms with Gasteiger partial charge in [-0.1, -0.05) is 30.3 Å². The molecule has 2 aromatic carbocycles. The van der Waals surface area contributed by atoms with E-state index in [0.29, 0.717) is 23.7 Å². The predicted octanol–water partition coefficient (Wildman–Crippen LogP) is 6.16. The molecule has 1 fully saturated rings. The molecule has 1 saturated heterocycles. The van der Waals surface area contributed by atoms with E-state index in [-0.39, 0.29) is 17.9 Å². The van der Waals surface area contributed by atoms with Gasteiger partial charge in [-0.05, 0) is 72.3 Å². The van der Waals surface area contributed by atoms with Crippen LogP contribution in [0.4, 0.5) is 0 Å². The number of benzene rings is 2. The highest BCUT2D eigenvalue weighted by Gasteiger charge is 2.47. The van der Waals surface area contributed by atoms with E-state index in [9.17, 15) is 14.7 Å². The average Bonchev–Trinajstić information content (AvgIpc) is 3.61. The van der Waals surface area contributed by atoms with Gasteiger partial charge in [0.05, 0.1) is 18.4 Å². The zero-order valence-electron chi connectivity index (χ0n) is 19.9. The molecule has 0 aliphatic carbocycles. The number of nitrogens with zero attached hydrogens (tertiary/aromatic N) is 1. The number of rotatable bonds is 7. The Labute approximate surface area is 213 Å². The number of aliphatic hydroxyl groups is 1. The van der Waals surface area contributed by atoms with Crippen LogP contribution in [0.5, 0.6) is 5.75 Å². The quantitative estimate of drug-likeness (QED) is 0.187. The molecule has 1 N–H and O–H groups in total. The number of thiophene rings is 1. The van der Waals surface area contributed by atoms with Gasteiger partial charge in [-0.3, -0.25) is 9.59 Å². The van der Waals surface area contributed by atoms with Crippen LogP contribution in [0.15, 0.2) is 88.4 Å². The number of furan rings is 1. The van der Waals surface area contributed by atoms with E-state index < -0.39 is 17.7 Å². The summed E-state index contributed by atoms with van der Waals surface area (Å²) in [4.78, 5) is 28.6. The van der Waals surface area contributed by atoms with Crippen LogP contribution in [0.1, 0.15) is 38.9 Å². The normalized spacial score (nSPS) is 17.1. The van der Waals surface area contributed by atoms with Crippen LogP contribution >= 0.6 is 11.3 Å². The molecule has 0 spiro atoms. The first kappa shape index (κ1) is 23.6. The Morgan fingerprint density at radius 3 is 2.50 bits per heavy atom. The smallest absolute Gasteiger partial charge is 0.296 e. The van der Waals surface area contributed by atoms with Crippen LogP contribution in [-0.4, -0.2) is 21.7 Å². The van der Waals surface area contributed by atoms with Crippen molar-refractivity contribution in [2.24, 2.45) is 0 Å². The molecule has 1 atom stereocenters. The summed E-state index contributed by atoms with van der Waals surface area (Å²) in [7, 11) is 0. The maximum Gasteiger partial charge on any atom is 0.296 e. The molecule has 0 radical (unpaired) electrons. The van der Waals surface area contributed by atoms with Crippen molar-refractivity contribution >= 4 is 28.8 Å². The lowest BCUT2D eigenvalue weighted by Gasteiger charge is -2.24. The summed E-state index contributed by atoms with van der Waals surface area (Å²) >= 11 is 1.45. The SMILES string of the molecule is Cc1cc(/C(O)=C2/C(=O)C(=O)N(Cc3ccco3)C2c2sccc2C)ccc1OCc1ccccc1. The lowest BCUT2D eigenvalue weighted by molar-refractivity contribution is -0.140. The fraction of sp³-hybridized carbons (Fsp3) is 0.172. The van der Waals surface area contributed by atoms with Crippen molar-refractivity contribution < 1.29 is 23.8 Å². The maximum atomic E-state index is 13.2. The van der Waals surface area contributed by atoms with Crippen LogP contribution in [0.2, 0.25) is 0 Å². The van der Waals surface area contributed by atoms with E-state index in [0.717, 1.165) is 21.6 Å². The Morgan fingerprint density at radius 1 is 1.03 bits per heavy atom. The monoisotopic (exact) mass is 499 g/mol. The minimum absolute atomic E-state index is 0.0782. The summed E-state index contributed by atoms with van der Waals surface area (Å²) in [5, 5.41) is 13.3. The van der Waals surface area contributed by atoms with E-state index >= 15 is 0 Å². The highest BCUT2D eigenvalue weighted by atomic mass is 32.1. The summed E-state index contributed by atoms with van der Waals surface area (Å²) in [6.07, 6.45) is 1.53. The second kappa shape index (κ2) is 9.87. The third-order valence-corrected chi connectivity index (χ3v) is 7.35. The fourth-order valence-electron chi connectivity index (χ4n) is 4.40. The molecule has 182 valence electrons. The molecule has 5 rings (SSSR count). The van der Waals surface area contributed by atoms with Gasteiger partial charge in [0.15, 0.2) is 0 Å².